The van der Waals surface area contributed by atoms with E-state index in [0.29, 0.717) is 11.8 Å². The summed E-state index contributed by atoms with van der Waals surface area (Å²) in [7, 11) is 0. The predicted octanol–water partition coefficient (Wildman–Crippen LogP) is 4.15. The zero-order valence-corrected chi connectivity index (χ0v) is 13.4. The Morgan fingerprint density at radius 1 is 1.29 bits per heavy atom. The van der Waals surface area contributed by atoms with Crippen LogP contribution in [0.5, 0.6) is 0 Å². The average Bonchev–Trinajstić information content (AvgIpc) is 3.03. The first kappa shape index (κ1) is 14.2. The number of benzene rings is 1. The Morgan fingerprint density at radius 2 is 2.05 bits per heavy atom. The van der Waals surface area contributed by atoms with E-state index in [0.717, 1.165) is 30.9 Å². The van der Waals surface area contributed by atoms with Gasteiger partial charge in [0.2, 0.25) is 0 Å². The molecule has 1 heterocycles. The zero-order chi connectivity index (χ0) is 15.0. The first-order valence-electron chi connectivity index (χ1n) is 7.94. The molecule has 2 aromatic rings. The van der Waals surface area contributed by atoms with Crippen LogP contribution in [-0.4, -0.2) is 18.2 Å². The van der Waals surface area contributed by atoms with E-state index in [4.69, 9.17) is 4.52 Å². The molecule has 0 saturated heterocycles. The summed E-state index contributed by atoms with van der Waals surface area (Å²) in [4.78, 5) is 2.32. The van der Waals surface area contributed by atoms with E-state index < -0.39 is 0 Å². The van der Waals surface area contributed by atoms with Crippen molar-refractivity contribution >= 4 is 5.69 Å². The van der Waals surface area contributed by atoms with Gasteiger partial charge in [0.05, 0.1) is 0 Å². The Labute approximate surface area is 126 Å². The lowest BCUT2D eigenvalue weighted by Crippen LogP contribution is -2.23. The maximum atomic E-state index is 5.34. The molecule has 1 aliphatic rings. The van der Waals surface area contributed by atoms with Gasteiger partial charge >= 0.3 is 0 Å². The summed E-state index contributed by atoms with van der Waals surface area (Å²) in [5.74, 6) is 0.927. The van der Waals surface area contributed by atoms with Crippen molar-refractivity contribution in [1.82, 2.24) is 5.16 Å². The SMILES string of the molecule is CCN(CC)c1conc1C1c2ccc(C)cc2CC1C. The Kier molecular flexibility index (Phi) is 3.75. The molecule has 0 N–H and O–H groups in total. The summed E-state index contributed by atoms with van der Waals surface area (Å²) in [6, 6.07) is 6.81. The van der Waals surface area contributed by atoms with Crippen LogP contribution in [0.3, 0.4) is 0 Å². The van der Waals surface area contributed by atoms with Gasteiger partial charge in [0.25, 0.3) is 0 Å². The fourth-order valence-electron chi connectivity index (χ4n) is 3.66. The van der Waals surface area contributed by atoms with Crippen molar-refractivity contribution in [3.05, 3.63) is 46.8 Å². The van der Waals surface area contributed by atoms with Gasteiger partial charge in [-0.05, 0) is 44.2 Å². The third-order valence-corrected chi connectivity index (χ3v) is 4.72. The summed E-state index contributed by atoms with van der Waals surface area (Å²) in [6.45, 7) is 10.8. The van der Waals surface area contributed by atoms with Gasteiger partial charge in [-0.2, -0.15) is 0 Å². The summed E-state index contributed by atoms with van der Waals surface area (Å²) in [6.07, 6.45) is 2.94. The van der Waals surface area contributed by atoms with E-state index in [-0.39, 0.29) is 0 Å². The fourth-order valence-corrected chi connectivity index (χ4v) is 3.66. The van der Waals surface area contributed by atoms with E-state index in [2.05, 4.69) is 56.0 Å². The van der Waals surface area contributed by atoms with Crippen LogP contribution in [-0.2, 0) is 6.42 Å². The normalized spacial score (nSPS) is 20.6. The first-order chi connectivity index (χ1) is 10.2. The monoisotopic (exact) mass is 284 g/mol. The van der Waals surface area contributed by atoms with Gasteiger partial charge in [0, 0.05) is 19.0 Å². The lowest BCUT2D eigenvalue weighted by atomic mass is 9.90. The maximum absolute atomic E-state index is 5.34. The highest BCUT2D eigenvalue weighted by Crippen LogP contribution is 2.44. The van der Waals surface area contributed by atoms with Crippen LogP contribution in [0.4, 0.5) is 5.69 Å². The molecular formula is C18H24N2O. The molecule has 0 fully saturated rings. The van der Waals surface area contributed by atoms with Crippen molar-refractivity contribution < 1.29 is 4.52 Å². The van der Waals surface area contributed by atoms with Gasteiger partial charge in [-0.1, -0.05) is 35.8 Å². The molecule has 1 aromatic carbocycles. The maximum Gasteiger partial charge on any atom is 0.147 e. The number of aromatic nitrogens is 1. The van der Waals surface area contributed by atoms with Crippen LogP contribution in [0.1, 0.15) is 49.1 Å². The van der Waals surface area contributed by atoms with E-state index >= 15 is 0 Å². The second kappa shape index (κ2) is 5.55. The van der Waals surface area contributed by atoms with E-state index in [1.807, 2.05) is 0 Å². The molecule has 0 saturated carbocycles. The van der Waals surface area contributed by atoms with Crippen LogP contribution in [0.15, 0.2) is 29.0 Å². The molecule has 0 aliphatic heterocycles. The minimum Gasteiger partial charge on any atom is -0.368 e. The summed E-state index contributed by atoms with van der Waals surface area (Å²) < 4.78 is 5.34. The summed E-state index contributed by atoms with van der Waals surface area (Å²) in [5, 5.41) is 4.37. The molecule has 3 rings (SSSR count). The van der Waals surface area contributed by atoms with Crippen LogP contribution in [0.2, 0.25) is 0 Å². The average molecular weight is 284 g/mol. The molecule has 3 nitrogen and oxygen atoms in total. The Balaban J connectivity index is 2.04. The molecular weight excluding hydrogens is 260 g/mol. The number of hydrogen-bond donors (Lipinski definition) is 0. The molecule has 1 aromatic heterocycles. The van der Waals surface area contributed by atoms with Gasteiger partial charge in [-0.15, -0.1) is 0 Å². The molecule has 0 spiro atoms. The number of fused-ring (bicyclic) bond motifs is 1. The van der Waals surface area contributed by atoms with Gasteiger partial charge in [0.15, 0.2) is 0 Å². The van der Waals surface area contributed by atoms with E-state index in [9.17, 15) is 0 Å². The van der Waals surface area contributed by atoms with Crippen LogP contribution in [0, 0.1) is 12.8 Å². The van der Waals surface area contributed by atoms with Crippen molar-refractivity contribution in [2.24, 2.45) is 5.92 Å². The summed E-state index contributed by atoms with van der Waals surface area (Å²) >= 11 is 0. The molecule has 0 radical (unpaired) electrons. The zero-order valence-electron chi connectivity index (χ0n) is 13.4. The molecule has 0 amide bonds. The number of anilines is 1. The minimum atomic E-state index is 0.356. The standard InChI is InChI=1S/C18H24N2O/c1-5-20(6-2)16-11-21-19-18(16)17-13(4)10-14-9-12(3)7-8-15(14)17/h7-9,11,13,17H,5-6,10H2,1-4H3. The largest absolute Gasteiger partial charge is 0.368 e. The van der Waals surface area contributed by atoms with Crippen molar-refractivity contribution in [2.75, 3.05) is 18.0 Å². The molecule has 112 valence electrons. The highest BCUT2D eigenvalue weighted by atomic mass is 16.5. The third-order valence-electron chi connectivity index (χ3n) is 4.72. The van der Waals surface area contributed by atoms with Crippen LogP contribution in [0.25, 0.3) is 0 Å². The third kappa shape index (κ3) is 2.35. The van der Waals surface area contributed by atoms with Gasteiger partial charge in [-0.3, -0.25) is 0 Å². The van der Waals surface area contributed by atoms with Gasteiger partial charge in [-0.25, -0.2) is 0 Å². The van der Waals surface area contributed by atoms with Gasteiger partial charge in [0.1, 0.15) is 17.6 Å². The minimum absolute atomic E-state index is 0.356. The Morgan fingerprint density at radius 3 is 2.76 bits per heavy atom. The number of hydrogen-bond acceptors (Lipinski definition) is 3. The molecule has 0 bridgehead atoms. The second-order valence-corrected chi connectivity index (χ2v) is 6.12. The van der Waals surface area contributed by atoms with E-state index in [1.54, 1.807) is 6.26 Å². The topological polar surface area (TPSA) is 29.3 Å². The molecule has 2 unspecified atom stereocenters. The van der Waals surface area contributed by atoms with Crippen molar-refractivity contribution in [3.63, 3.8) is 0 Å². The summed E-state index contributed by atoms with van der Waals surface area (Å²) in [5.41, 5.74) is 6.50. The quantitative estimate of drug-likeness (QED) is 0.844. The first-order valence-corrected chi connectivity index (χ1v) is 7.94. The van der Waals surface area contributed by atoms with E-state index in [1.165, 1.54) is 16.7 Å². The molecule has 2 atom stereocenters. The van der Waals surface area contributed by atoms with Crippen molar-refractivity contribution in [3.8, 4) is 0 Å². The fraction of sp³-hybridized carbons (Fsp3) is 0.500. The molecule has 21 heavy (non-hydrogen) atoms. The molecule has 1 aliphatic carbocycles. The van der Waals surface area contributed by atoms with Crippen LogP contribution < -0.4 is 4.90 Å². The predicted molar refractivity (Wildman–Crippen MR) is 86.0 cm³/mol. The van der Waals surface area contributed by atoms with Crippen molar-refractivity contribution in [1.29, 1.82) is 0 Å². The number of rotatable bonds is 4. The highest BCUT2D eigenvalue weighted by Gasteiger charge is 2.35. The highest BCUT2D eigenvalue weighted by molar-refractivity contribution is 5.55. The smallest absolute Gasteiger partial charge is 0.147 e. The second-order valence-electron chi connectivity index (χ2n) is 6.12. The van der Waals surface area contributed by atoms with Gasteiger partial charge < -0.3 is 9.42 Å². The molecule has 3 heteroatoms. The van der Waals surface area contributed by atoms with Crippen LogP contribution >= 0.6 is 0 Å². The number of aryl methyl sites for hydroxylation is 1. The lowest BCUT2D eigenvalue weighted by molar-refractivity contribution is 0.400. The Bertz CT molecular complexity index is 628. The number of nitrogens with zero attached hydrogens (tertiary/aromatic N) is 2. The Hall–Kier alpha value is -1.77. The van der Waals surface area contributed by atoms with Crippen molar-refractivity contribution in [2.45, 2.75) is 40.0 Å². The lowest BCUT2D eigenvalue weighted by Gasteiger charge is -2.23.